The molecule has 0 saturated heterocycles. The minimum atomic E-state index is -0.657. The molecule has 2 aromatic heterocycles. The van der Waals surface area contributed by atoms with Gasteiger partial charge in [0, 0.05) is 18.5 Å². The Balaban J connectivity index is 1.45. The number of amides is 1. The molecule has 10 heteroatoms. The first-order valence-corrected chi connectivity index (χ1v) is 10.7. The van der Waals surface area contributed by atoms with Crippen LogP contribution in [0.3, 0.4) is 0 Å². The third kappa shape index (κ3) is 3.35. The lowest BCUT2D eigenvalue weighted by Crippen LogP contribution is -2.41. The maximum atomic E-state index is 13.8. The lowest BCUT2D eigenvalue weighted by atomic mass is 9.78. The van der Waals surface area contributed by atoms with Crippen molar-refractivity contribution in [3.05, 3.63) is 64.1 Å². The molecule has 9 nitrogen and oxygen atoms in total. The second-order valence-corrected chi connectivity index (χ2v) is 8.48. The van der Waals surface area contributed by atoms with E-state index in [9.17, 15) is 19.1 Å². The predicted molar refractivity (Wildman–Crippen MR) is 112 cm³/mol. The first kappa shape index (κ1) is 20.3. The van der Waals surface area contributed by atoms with Gasteiger partial charge in [-0.15, -0.1) is 0 Å². The molecule has 2 aliphatic rings. The van der Waals surface area contributed by atoms with Crippen molar-refractivity contribution in [2.75, 3.05) is 0 Å². The molecule has 166 valence electrons. The Bertz CT molecular complexity index is 1230. The van der Waals surface area contributed by atoms with Crippen molar-refractivity contribution in [1.29, 1.82) is 0 Å². The van der Waals surface area contributed by atoms with Crippen LogP contribution >= 0.6 is 0 Å². The highest BCUT2D eigenvalue weighted by molar-refractivity contribution is 5.94. The van der Waals surface area contributed by atoms with Crippen LogP contribution < -0.4 is 10.9 Å². The summed E-state index contributed by atoms with van der Waals surface area (Å²) in [7, 11) is 0. The van der Waals surface area contributed by atoms with Crippen molar-refractivity contribution in [1.82, 2.24) is 29.6 Å². The Labute approximate surface area is 182 Å². The summed E-state index contributed by atoms with van der Waals surface area (Å²) in [6.07, 6.45) is 8.54. The normalized spacial score (nSPS) is 16.8. The quantitative estimate of drug-likeness (QED) is 0.645. The number of nitrogens with one attached hydrogen (secondary N) is 1. The van der Waals surface area contributed by atoms with Crippen LogP contribution in [0.1, 0.15) is 60.4 Å². The molecule has 1 saturated carbocycles. The zero-order chi connectivity index (χ0) is 22.3. The van der Waals surface area contributed by atoms with Crippen LogP contribution in [0, 0.1) is 5.82 Å². The van der Waals surface area contributed by atoms with Crippen LogP contribution in [0.25, 0.3) is 5.69 Å². The van der Waals surface area contributed by atoms with Crippen molar-refractivity contribution < 1.29 is 14.3 Å². The number of carbonyl (C=O) groups excluding carboxylic acids is 1. The standard InChI is InChI=1S/C22H23FN6O3/c23-15-5-4-14(16(10-15)29-13-24-12-26-29)11-25-19(31)17-18(30)20(32)28-9-3-8-22(21(28)27-17)6-1-2-7-22/h4-5,10,12-13,30H,1-3,6-9,11H2,(H,25,31). The van der Waals surface area contributed by atoms with E-state index < -0.39 is 23.0 Å². The summed E-state index contributed by atoms with van der Waals surface area (Å²) in [5.41, 5.74) is -0.0192. The van der Waals surface area contributed by atoms with E-state index in [2.05, 4.69) is 20.4 Å². The fourth-order valence-corrected chi connectivity index (χ4v) is 5.02. The summed E-state index contributed by atoms with van der Waals surface area (Å²) >= 11 is 0. The molecule has 1 amide bonds. The number of aromatic hydroxyl groups is 1. The molecule has 3 aromatic rings. The van der Waals surface area contributed by atoms with Gasteiger partial charge in [0.05, 0.1) is 5.69 Å². The van der Waals surface area contributed by atoms with Gasteiger partial charge in [-0.05, 0) is 43.4 Å². The van der Waals surface area contributed by atoms with Crippen LogP contribution in [0.15, 0.2) is 35.6 Å². The van der Waals surface area contributed by atoms with Gasteiger partial charge in [0.25, 0.3) is 11.5 Å². The molecule has 1 fully saturated rings. The highest BCUT2D eigenvalue weighted by atomic mass is 19.1. The molecule has 2 N–H and O–H groups in total. The number of hydrogen-bond acceptors (Lipinski definition) is 6. The molecule has 5 rings (SSSR count). The van der Waals surface area contributed by atoms with Crippen molar-refractivity contribution in [3.63, 3.8) is 0 Å². The topological polar surface area (TPSA) is 115 Å². The van der Waals surface area contributed by atoms with Gasteiger partial charge in [-0.2, -0.15) is 5.10 Å². The van der Waals surface area contributed by atoms with Gasteiger partial charge < -0.3 is 10.4 Å². The summed E-state index contributed by atoms with van der Waals surface area (Å²) in [6, 6.07) is 4.11. The van der Waals surface area contributed by atoms with Gasteiger partial charge in [-0.3, -0.25) is 14.2 Å². The summed E-state index contributed by atoms with van der Waals surface area (Å²) in [6.45, 7) is 0.522. The van der Waals surface area contributed by atoms with E-state index in [1.165, 1.54) is 40.1 Å². The first-order chi connectivity index (χ1) is 15.5. The highest BCUT2D eigenvalue weighted by Gasteiger charge is 2.42. The molecule has 1 spiro atoms. The Morgan fingerprint density at radius 2 is 2.00 bits per heavy atom. The number of nitrogens with zero attached hydrogens (tertiary/aromatic N) is 5. The molecule has 0 unspecified atom stereocenters. The Morgan fingerprint density at radius 1 is 1.22 bits per heavy atom. The van der Waals surface area contributed by atoms with Gasteiger partial charge in [0.2, 0.25) is 5.75 Å². The summed E-state index contributed by atoms with van der Waals surface area (Å²) < 4.78 is 16.7. The van der Waals surface area contributed by atoms with Gasteiger partial charge >= 0.3 is 0 Å². The number of benzene rings is 1. The molecule has 32 heavy (non-hydrogen) atoms. The largest absolute Gasteiger partial charge is 0.501 e. The third-order valence-electron chi connectivity index (χ3n) is 6.58. The number of fused-ring (bicyclic) bond motifs is 2. The molecule has 1 aromatic carbocycles. The van der Waals surface area contributed by atoms with E-state index >= 15 is 0 Å². The van der Waals surface area contributed by atoms with Gasteiger partial charge in [0.15, 0.2) is 5.69 Å². The lowest BCUT2D eigenvalue weighted by Gasteiger charge is -2.35. The Hall–Kier alpha value is -3.56. The smallest absolute Gasteiger partial charge is 0.296 e. The molecule has 0 bridgehead atoms. The summed E-state index contributed by atoms with van der Waals surface area (Å²) in [5.74, 6) is -1.14. The lowest BCUT2D eigenvalue weighted by molar-refractivity contribution is 0.0940. The van der Waals surface area contributed by atoms with Crippen LogP contribution in [0.5, 0.6) is 5.75 Å². The Kier molecular flexibility index (Phi) is 4.99. The second-order valence-electron chi connectivity index (χ2n) is 8.48. The van der Waals surface area contributed by atoms with E-state index in [0.717, 1.165) is 38.5 Å². The average Bonchev–Trinajstić information content (AvgIpc) is 3.49. The van der Waals surface area contributed by atoms with E-state index in [4.69, 9.17) is 0 Å². The van der Waals surface area contributed by atoms with Crippen molar-refractivity contribution >= 4 is 5.91 Å². The van der Waals surface area contributed by atoms with Gasteiger partial charge in [-0.25, -0.2) is 19.0 Å². The minimum absolute atomic E-state index is 0.0268. The fraction of sp³-hybridized carbons (Fsp3) is 0.409. The van der Waals surface area contributed by atoms with Gasteiger partial charge in [-0.1, -0.05) is 18.9 Å². The van der Waals surface area contributed by atoms with Crippen LogP contribution in [0.2, 0.25) is 0 Å². The summed E-state index contributed by atoms with van der Waals surface area (Å²) in [4.78, 5) is 34.2. The number of rotatable bonds is 4. The number of halogens is 1. The second kappa shape index (κ2) is 7.85. The van der Waals surface area contributed by atoms with E-state index in [-0.39, 0.29) is 17.7 Å². The van der Waals surface area contributed by atoms with Crippen molar-refractivity contribution in [2.45, 2.75) is 57.0 Å². The molecule has 1 aliphatic carbocycles. The van der Waals surface area contributed by atoms with E-state index in [1.807, 2.05) is 0 Å². The predicted octanol–water partition coefficient (Wildman–Crippen LogP) is 2.20. The monoisotopic (exact) mass is 438 g/mol. The zero-order valence-corrected chi connectivity index (χ0v) is 17.4. The van der Waals surface area contributed by atoms with Crippen LogP contribution in [0.4, 0.5) is 4.39 Å². The van der Waals surface area contributed by atoms with Crippen molar-refractivity contribution in [2.24, 2.45) is 0 Å². The molecular weight excluding hydrogens is 415 g/mol. The Morgan fingerprint density at radius 3 is 2.75 bits per heavy atom. The van der Waals surface area contributed by atoms with E-state index in [1.54, 1.807) is 0 Å². The molecule has 0 atom stereocenters. The minimum Gasteiger partial charge on any atom is -0.501 e. The third-order valence-corrected chi connectivity index (χ3v) is 6.58. The van der Waals surface area contributed by atoms with Crippen LogP contribution in [-0.4, -0.2) is 35.3 Å². The average molecular weight is 438 g/mol. The number of aromatic nitrogens is 5. The molecular formula is C22H23FN6O3. The maximum absolute atomic E-state index is 13.8. The fourth-order valence-electron chi connectivity index (χ4n) is 5.02. The number of hydrogen-bond donors (Lipinski definition) is 2. The highest BCUT2D eigenvalue weighted by Crippen LogP contribution is 2.45. The molecule has 3 heterocycles. The number of carbonyl (C=O) groups is 1. The molecule has 1 aliphatic heterocycles. The maximum Gasteiger partial charge on any atom is 0.296 e. The van der Waals surface area contributed by atoms with E-state index in [0.29, 0.717) is 23.6 Å². The summed E-state index contributed by atoms with van der Waals surface area (Å²) in [5, 5.41) is 17.2. The van der Waals surface area contributed by atoms with Crippen molar-refractivity contribution in [3.8, 4) is 11.4 Å². The van der Waals surface area contributed by atoms with Gasteiger partial charge in [0.1, 0.15) is 24.3 Å². The molecule has 0 radical (unpaired) electrons. The first-order valence-electron chi connectivity index (χ1n) is 10.7. The zero-order valence-electron chi connectivity index (χ0n) is 17.4. The SMILES string of the molecule is O=C(NCc1ccc(F)cc1-n1cncn1)c1nc2n(c(=O)c1O)CCCC21CCCC1. The van der Waals surface area contributed by atoms with Crippen LogP contribution in [-0.2, 0) is 18.5 Å².